The molecule has 2 amide bonds. The smallest absolute Gasteiger partial charge is 0.339 e. The minimum atomic E-state index is -1.24. The average molecular weight is 347 g/mol. The van der Waals surface area contributed by atoms with Gasteiger partial charge in [-0.2, -0.15) is 0 Å². The standard InChI is InChI=1S/C18H25N3O4/c1-18(2,17(24)21-11-9-20(3)10-12-21)16(23)19-14-8-6-5-7-13(14)15(22)25-4/h5-8H,9-12H2,1-4H3,(H,19,23). The lowest BCUT2D eigenvalue weighted by molar-refractivity contribution is -0.147. The number of carbonyl (C=O) groups is 3. The third-order valence-corrected chi connectivity index (χ3v) is 4.47. The summed E-state index contributed by atoms with van der Waals surface area (Å²) in [5.41, 5.74) is -0.654. The second-order valence-electron chi connectivity index (χ2n) is 6.71. The molecule has 0 unspecified atom stereocenters. The highest BCUT2D eigenvalue weighted by Gasteiger charge is 2.40. The van der Waals surface area contributed by atoms with Crippen LogP contribution in [-0.4, -0.2) is 67.9 Å². The van der Waals surface area contributed by atoms with Gasteiger partial charge in [-0.05, 0) is 33.0 Å². The molecule has 0 aliphatic carbocycles. The van der Waals surface area contributed by atoms with Gasteiger partial charge in [-0.1, -0.05) is 12.1 Å². The largest absolute Gasteiger partial charge is 0.465 e. The molecule has 0 aromatic heterocycles. The van der Waals surface area contributed by atoms with Crippen molar-refractivity contribution >= 4 is 23.5 Å². The van der Waals surface area contributed by atoms with Crippen molar-refractivity contribution in [1.29, 1.82) is 0 Å². The van der Waals surface area contributed by atoms with E-state index in [-0.39, 0.29) is 11.5 Å². The zero-order valence-electron chi connectivity index (χ0n) is 15.2. The van der Waals surface area contributed by atoms with Crippen LogP contribution in [0.4, 0.5) is 5.69 Å². The van der Waals surface area contributed by atoms with Gasteiger partial charge in [0.2, 0.25) is 11.8 Å². The lowest BCUT2D eigenvalue weighted by Gasteiger charge is -2.36. The van der Waals surface area contributed by atoms with Gasteiger partial charge in [0, 0.05) is 26.2 Å². The Balaban J connectivity index is 2.14. The van der Waals surface area contributed by atoms with Crippen LogP contribution in [-0.2, 0) is 14.3 Å². The molecule has 1 aliphatic rings. The number of anilines is 1. The summed E-state index contributed by atoms with van der Waals surface area (Å²) in [4.78, 5) is 41.2. The Hall–Kier alpha value is -2.41. The van der Waals surface area contributed by atoms with Crippen molar-refractivity contribution in [3.05, 3.63) is 29.8 Å². The van der Waals surface area contributed by atoms with Crippen LogP contribution in [0.5, 0.6) is 0 Å². The van der Waals surface area contributed by atoms with E-state index in [0.717, 1.165) is 13.1 Å². The maximum atomic E-state index is 12.8. The van der Waals surface area contributed by atoms with Crippen LogP contribution >= 0.6 is 0 Å². The third kappa shape index (κ3) is 4.17. The molecular formula is C18H25N3O4. The van der Waals surface area contributed by atoms with Gasteiger partial charge < -0.3 is 19.9 Å². The number of nitrogens with one attached hydrogen (secondary N) is 1. The molecule has 1 heterocycles. The fourth-order valence-corrected chi connectivity index (χ4v) is 2.66. The van der Waals surface area contributed by atoms with Crippen LogP contribution in [0.1, 0.15) is 24.2 Å². The molecule has 7 nitrogen and oxygen atoms in total. The maximum absolute atomic E-state index is 12.8. The number of para-hydroxylation sites is 1. The molecule has 1 fully saturated rings. The van der Waals surface area contributed by atoms with Crippen LogP contribution in [0.25, 0.3) is 0 Å². The first-order valence-corrected chi connectivity index (χ1v) is 8.24. The average Bonchev–Trinajstić information content (AvgIpc) is 2.61. The molecule has 0 spiro atoms. The number of carbonyl (C=O) groups excluding carboxylic acids is 3. The van der Waals surface area contributed by atoms with Gasteiger partial charge in [-0.15, -0.1) is 0 Å². The lowest BCUT2D eigenvalue weighted by atomic mass is 9.89. The van der Waals surface area contributed by atoms with Gasteiger partial charge in [0.05, 0.1) is 18.4 Å². The van der Waals surface area contributed by atoms with E-state index in [1.54, 1.807) is 43.0 Å². The Labute approximate surface area is 147 Å². The molecule has 25 heavy (non-hydrogen) atoms. The lowest BCUT2D eigenvalue weighted by Crippen LogP contribution is -2.53. The van der Waals surface area contributed by atoms with Crippen LogP contribution in [0.15, 0.2) is 24.3 Å². The molecule has 0 atom stereocenters. The molecule has 1 aromatic carbocycles. The summed E-state index contributed by atoms with van der Waals surface area (Å²) in [7, 11) is 3.28. The summed E-state index contributed by atoms with van der Waals surface area (Å²) >= 11 is 0. The van der Waals surface area contributed by atoms with E-state index in [9.17, 15) is 14.4 Å². The number of benzene rings is 1. The first-order chi connectivity index (χ1) is 11.8. The highest BCUT2D eigenvalue weighted by Crippen LogP contribution is 2.24. The molecule has 1 saturated heterocycles. The van der Waals surface area contributed by atoms with Crippen molar-refractivity contribution < 1.29 is 19.1 Å². The number of hydrogen-bond acceptors (Lipinski definition) is 5. The van der Waals surface area contributed by atoms with Crippen molar-refractivity contribution in [3.63, 3.8) is 0 Å². The number of methoxy groups -OCH3 is 1. The Kier molecular flexibility index (Phi) is 5.79. The number of nitrogens with zero attached hydrogens (tertiary/aromatic N) is 2. The van der Waals surface area contributed by atoms with Crippen LogP contribution < -0.4 is 5.32 Å². The predicted octanol–water partition coefficient (Wildman–Crippen LogP) is 1.21. The van der Waals surface area contributed by atoms with E-state index >= 15 is 0 Å². The van der Waals surface area contributed by atoms with Crippen molar-refractivity contribution in [2.75, 3.05) is 45.7 Å². The second kappa shape index (κ2) is 7.65. The number of amides is 2. The number of piperazine rings is 1. The second-order valence-corrected chi connectivity index (χ2v) is 6.71. The van der Waals surface area contributed by atoms with E-state index in [1.807, 2.05) is 7.05 Å². The van der Waals surface area contributed by atoms with Crippen LogP contribution in [0, 0.1) is 5.41 Å². The monoisotopic (exact) mass is 347 g/mol. The van der Waals surface area contributed by atoms with E-state index in [0.29, 0.717) is 18.8 Å². The molecular weight excluding hydrogens is 322 g/mol. The predicted molar refractivity (Wildman–Crippen MR) is 94.3 cm³/mol. The zero-order valence-corrected chi connectivity index (χ0v) is 15.2. The number of ether oxygens (including phenoxy) is 1. The molecule has 1 aromatic rings. The fraction of sp³-hybridized carbons (Fsp3) is 0.500. The Morgan fingerprint density at radius 3 is 2.28 bits per heavy atom. The summed E-state index contributed by atoms with van der Waals surface area (Å²) in [6, 6.07) is 6.57. The van der Waals surface area contributed by atoms with Gasteiger partial charge >= 0.3 is 5.97 Å². The first kappa shape index (κ1) is 18.9. The maximum Gasteiger partial charge on any atom is 0.339 e. The molecule has 0 saturated carbocycles. The van der Waals surface area contributed by atoms with Gasteiger partial charge in [-0.25, -0.2) is 4.79 Å². The number of esters is 1. The van der Waals surface area contributed by atoms with Crippen molar-refractivity contribution in [1.82, 2.24) is 9.80 Å². The number of hydrogen-bond donors (Lipinski definition) is 1. The van der Waals surface area contributed by atoms with Gasteiger partial charge in [0.25, 0.3) is 0 Å². The van der Waals surface area contributed by atoms with E-state index in [2.05, 4.69) is 10.2 Å². The number of rotatable bonds is 4. The molecule has 1 N–H and O–H groups in total. The molecule has 1 aliphatic heterocycles. The van der Waals surface area contributed by atoms with E-state index in [4.69, 9.17) is 4.74 Å². The summed E-state index contributed by atoms with van der Waals surface area (Å²) < 4.78 is 4.73. The van der Waals surface area contributed by atoms with Gasteiger partial charge in [0.1, 0.15) is 5.41 Å². The highest BCUT2D eigenvalue weighted by atomic mass is 16.5. The first-order valence-electron chi connectivity index (χ1n) is 8.24. The fourth-order valence-electron chi connectivity index (χ4n) is 2.66. The molecule has 7 heteroatoms. The minimum Gasteiger partial charge on any atom is -0.465 e. The van der Waals surface area contributed by atoms with Crippen molar-refractivity contribution in [3.8, 4) is 0 Å². The third-order valence-electron chi connectivity index (χ3n) is 4.47. The molecule has 0 bridgehead atoms. The molecule has 136 valence electrons. The normalized spacial score (nSPS) is 15.6. The summed E-state index contributed by atoms with van der Waals surface area (Å²) in [6.45, 7) is 5.98. The van der Waals surface area contributed by atoms with Gasteiger partial charge in [-0.3, -0.25) is 9.59 Å². The van der Waals surface area contributed by atoms with Crippen molar-refractivity contribution in [2.24, 2.45) is 5.41 Å². The summed E-state index contributed by atoms with van der Waals surface area (Å²) in [5.74, 6) is -1.21. The van der Waals surface area contributed by atoms with E-state index < -0.39 is 17.3 Å². The molecule has 2 rings (SSSR count). The van der Waals surface area contributed by atoms with Crippen molar-refractivity contribution in [2.45, 2.75) is 13.8 Å². The Morgan fingerprint density at radius 2 is 1.68 bits per heavy atom. The van der Waals surface area contributed by atoms with Crippen LogP contribution in [0.2, 0.25) is 0 Å². The highest BCUT2D eigenvalue weighted by molar-refractivity contribution is 6.11. The summed E-state index contributed by atoms with van der Waals surface area (Å²) in [5, 5.41) is 2.70. The summed E-state index contributed by atoms with van der Waals surface area (Å²) in [6.07, 6.45) is 0. The zero-order chi connectivity index (χ0) is 18.6. The SMILES string of the molecule is COC(=O)c1ccccc1NC(=O)C(C)(C)C(=O)N1CCN(C)CC1. The quantitative estimate of drug-likeness (QED) is 0.654. The Morgan fingerprint density at radius 1 is 1.08 bits per heavy atom. The van der Waals surface area contributed by atoms with Crippen LogP contribution in [0.3, 0.4) is 0 Å². The minimum absolute atomic E-state index is 0.214. The number of likely N-dealkylation sites (N-methyl/N-ethyl adjacent to an activating group) is 1. The Bertz CT molecular complexity index is 664. The van der Waals surface area contributed by atoms with Gasteiger partial charge in [0.15, 0.2) is 0 Å². The van der Waals surface area contributed by atoms with E-state index in [1.165, 1.54) is 7.11 Å². The molecule has 0 radical (unpaired) electrons. The topological polar surface area (TPSA) is 78.9 Å².